The summed E-state index contributed by atoms with van der Waals surface area (Å²) in [6.07, 6.45) is 2.42. The first-order valence-electron chi connectivity index (χ1n) is 10.0. The van der Waals surface area contributed by atoms with Crippen LogP contribution in [0, 0.1) is 0 Å². The first kappa shape index (κ1) is 21.8. The Hall–Kier alpha value is -2.87. The number of amidine groups is 1. The van der Waals surface area contributed by atoms with Crippen molar-refractivity contribution in [3.63, 3.8) is 0 Å². The molecule has 1 heterocycles. The van der Waals surface area contributed by atoms with Crippen molar-refractivity contribution in [2.24, 2.45) is 4.40 Å². The van der Waals surface area contributed by atoms with Crippen molar-refractivity contribution in [3.05, 3.63) is 54.1 Å². The van der Waals surface area contributed by atoms with Crippen LogP contribution in [0.1, 0.15) is 31.7 Å². The van der Waals surface area contributed by atoms with E-state index >= 15 is 0 Å². The summed E-state index contributed by atoms with van der Waals surface area (Å²) in [4.78, 5) is 14.2. The van der Waals surface area contributed by atoms with Crippen LogP contribution in [0.3, 0.4) is 0 Å². The molecule has 1 saturated heterocycles. The van der Waals surface area contributed by atoms with Gasteiger partial charge >= 0.3 is 0 Å². The van der Waals surface area contributed by atoms with Crippen LogP contribution < -0.4 is 10.1 Å². The average Bonchev–Trinajstić information content (AvgIpc) is 3.12. The molecule has 1 amide bonds. The van der Waals surface area contributed by atoms with Gasteiger partial charge in [0.25, 0.3) is 10.0 Å². The van der Waals surface area contributed by atoms with E-state index in [0.717, 1.165) is 24.3 Å². The molecule has 3 rings (SSSR count). The van der Waals surface area contributed by atoms with Gasteiger partial charge in [0.2, 0.25) is 5.91 Å². The Bertz CT molecular complexity index is 1020. The van der Waals surface area contributed by atoms with Crippen molar-refractivity contribution in [2.75, 3.05) is 25.5 Å². The van der Waals surface area contributed by atoms with Gasteiger partial charge in [-0.25, -0.2) is 0 Å². The van der Waals surface area contributed by atoms with Crippen molar-refractivity contribution in [1.29, 1.82) is 0 Å². The molecule has 1 fully saturated rings. The lowest BCUT2D eigenvalue weighted by molar-refractivity contribution is -0.116. The Morgan fingerprint density at radius 1 is 1.20 bits per heavy atom. The number of hydrogen-bond donors (Lipinski definition) is 1. The lowest BCUT2D eigenvalue weighted by atomic mass is 10.1. The minimum Gasteiger partial charge on any atom is -0.494 e. The molecule has 0 aliphatic carbocycles. The van der Waals surface area contributed by atoms with E-state index in [9.17, 15) is 13.2 Å². The van der Waals surface area contributed by atoms with Gasteiger partial charge < -0.3 is 15.0 Å². The fourth-order valence-corrected chi connectivity index (χ4v) is 4.38. The minimum atomic E-state index is -3.82. The first-order valence-corrected chi connectivity index (χ1v) is 11.5. The Balaban J connectivity index is 1.61. The Morgan fingerprint density at radius 3 is 2.63 bits per heavy atom. The summed E-state index contributed by atoms with van der Waals surface area (Å²) >= 11 is 0. The van der Waals surface area contributed by atoms with E-state index in [1.54, 1.807) is 12.1 Å². The molecule has 0 aromatic heterocycles. The highest BCUT2D eigenvalue weighted by molar-refractivity contribution is 7.90. The maximum atomic E-state index is 12.6. The summed E-state index contributed by atoms with van der Waals surface area (Å²) in [7, 11) is -1.98. The highest BCUT2D eigenvalue weighted by atomic mass is 32.2. The molecular weight excluding hydrogens is 402 g/mol. The molecular formula is C22H27N3O4S. The van der Waals surface area contributed by atoms with Crippen LogP contribution in [-0.2, 0) is 21.2 Å². The van der Waals surface area contributed by atoms with Crippen LogP contribution in [0.4, 0.5) is 5.69 Å². The third-order valence-corrected chi connectivity index (χ3v) is 6.15. The fraction of sp³-hybridized carbons (Fsp3) is 0.364. The normalized spacial score (nSPS) is 15.4. The van der Waals surface area contributed by atoms with Gasteiger partial charge in [-0.15, -0.1) is 4.40 Å². The highest BCUT2D eigenvalue weighted by Crippen LogP contribution is 2.20. The Morgan fingerprint density at radius 2 is 1.97 bits per heavy atom. The molecule has 1 N–H and O–H groups in total. The Kier molecular flexibility index (Phi) is 7.10. The number of likely N-dealkylation sites (tertiary alicyclic amines) is 1. The molecule has 30 heavy (non-hydrogen) atoms. The van der Waals surface area contributed by atoms with Crippen molar-refractivity contribution >= 4 is 27.5 Å². The zero-order valence-corrected chi connectivity index (χ0v) is 18.1. The molecule has 0 unspecified atom stereocenters. The molecule has 2 aromatic rings. The van der Waals surface area contributed by atoms with E-state index < -0.39 is 10.0 Å². The minimum absolute atomic E-state index is 0.0691. The predicted molar refractivity (Wildman–Crippen MR) is 117 cm³/mol. The van der Waals surface area contributed by atoms with E-state index in [1.165, 1.54) is 12.1 Å². The number of aryl methyl sites for hydroxylation is 1. The van der Waals surface area contributed by atoms with Crippen molar-refractivity contribution < 1.29 is 17.9 Å². The second-order valence-corrected chi connectivity index (χ2v) is 8.76. The number of benzene rings is 2. The molecule has 0 saturated carbocycles. The second-order valence-electron chi connectivity index (χ2n) is 7.16. The van der Waals surface area contributed by atoms with Gasteiger partial charge in [-0.3, -0.25) is 4.79 Å². The maximum Gasteiger partial charge on any atom is 0.284 e. The van der Waals surface area contributed by atoms with Gasteiger partial charge in [0, 0.05) is 32.1 Å². The van der Waals surface area contributed by atoms with Gasteiger partial charge in [-0.1, -0.05) is 18.2 Å². The molecule has 1 aliphatic heterocycles. The van der Waals surface area contributed by atoms with Crippen LogP contribution in [0.25, 0.3) is 0 Å². The molecule has 0 atom stereocenters. The van der Waals surface area contributed by atoms with Crippen molar-refractivity contribution in [2.45, 2.75) is 37.5 Å². The zero-order chi connectivity index (χ0) is 21.6. The lowest BCUT2D eigenvalue weighted by Crippen LogP contribution is -2.20. The summed E-state index contributed by atoms with van der Waals surface area (Å²) in [5.41, 5.74) is 1.47. The van der Waals surface area contributed by atoms with Gasteiger partial charge in [-0.05, 0) is 55.7 Å². The highest BCUT2D eigenvalue weighted by Gasteiger charge is 2.20. The smallest absolute Gasteiger partial charge is 0.284 e. The summed E-state index contributed by atoms with van der Waals surface area (Å²) in [6.45, 7) is 3.34. The molecule has 1 aliphatic rings. The standard InChI is InChI=1S/C22H27N3O4S/c1-3-29-19-12-9-17(10-13-19)11-14-22(26)23-18-6-4-7-20(16-18)30(27,28)24-21-8-5-15-25(21)2/h4,6-7,9-10,12-13,16H,3,5,8,11,14-15H2,1-2H3,(H,23,26)/b24-21-. The topological polar surface area (TPSA) is 88.1 Å². The quantitative estimate of drug-likeness (QED) is 0.694. The number of carbonyl (C=O) groups is 1. The number of carbonyl (C=O) groups excluding carboxylic acids is 1. The number of anilines is 1. The zero-order valence-electron chi connectivity index (χ0n) is 17.3. The van der Waals surface area contributed by atoms with Crippen LogP contribution >= 0.6 is 0 Å². The van der Waals surface area contributed by atoms with Crippen molar-refractivity contribution in [1.82, 2.24) is 4.90 Å². The Labute approximate surface area is 177 Å². The molecule has 160 valence electrons. The van der Waals surface area contributed by atoms with E-state index in [1.807, 2.05) is 43.1 Å². The number of hydrogen-bond acceptors (Lipinski definition) is 4. The van der Waals surface area contributed by atoms with E-state index in [-0.39, 0.29) is 17.2 Å². The molecule has 0 radical (unpaired) electrons. The first-order chi connectivity index (χ1) is 14.4. The number of sulfonamides is 1. The number of nitrogens with zero attached hydrogens (tertiary/aromatic N) is 2. The third kappa shape index (κ3) is 5.82. The largest absolute Gasteiger partial charge is 0.494 e. The summed E-state index contributed by atoms with van der Waals surface area (Å²) in [6, 6.07) is 13.8. The average molecular weight is 430 g/mol. The van der Waals surface area contributed by atoms with Crippen molar-refractivity contribution in [3.8, 4) is 5.75 Å². The number of nitrogens with one attached hydrogen (secondary N) is 1. The van der Waals surface area contributed by atoms with E-state index in [0.29, 0.717) is 31.0 Å². The van der Waals surface area contributed by atoms with E-state index in [2.05, 4.69) is 9.71 Å². The van der Waals surface area contributed by atoms with Crippen LogP contribution in [-0.4, -0.2) is 45.3 Å². The van der Waals surface area contributed by atoms with Gasteiger partial charge in [-0.2, -0.15) is 8.42 Å². The fourth-order valence-electron chi connectivity index (χ4n) is 3.24. The van der Waals surface area contributed by atoms with E-state index in [4.69, 9.17) is 4.74 Å². The van der Waals surface area contributed by atoms with Crippen LogP contribution in [0.5, 0.6) is 5.75 Å². The number of rotatable bonds is 8. The van der Waals surface area contributed by atoms with Gasteiger partial charge in [0.15, 0.2) is 0 Å². The van der Waals surface area contributed by atoms with Crippen LogP contribution in [0.2, 0.25) is 0 Å². The summed E-state index contributed by atoms with van der Waals surface area (Å²) < 4.78 is 34.6. The summed E-state index contributed by atoms with van der Waals surface area (Å²) in [5.74, 6) is 1.19. The molecule has 7 nitrogen and oxygen atoms in total. The van der Waals surface area contributed by atoms with Gasteiger partial charge in [0.05, 0.1) is 11.5 Å². The molecule has 2 aromatic carbocycles. The predicted octanol–water partition coefficient (Wildman–Crippen LogP) is 3.47. The number of ether oxygens (including phenoxy) is 1. The maximum absolute atomic E-state index is 12.6. The molecule has 8 heteroatoms. The molecule has 0 bridgehead atoms. The second kappa shape index (κ2) is 9.75. The molecule has 0 spiro atoms. The lowest BCUT2D eigenvalue weighted by Gasteiger charge is -2.11. The van der Waals surface area contributed by atoms with Crippen LogP contribution in [0.15, 0.2) is 57.8 Å². The monoisotopic (exact) mass is 429 g/mol. The van der Waals surface area contributed by atoms with Gasteiger partial charge in [0.1, 0.15) is 11.6 Å². The third-order valence-electron chi connectivity index (χ3n) is 4.85. The number of amides is 1. The summed E-state index contributed by atoms with van der Waals surface area (Å²) in [5, 5.41) is 2.77. The SMILES string of the molecule is CCOc1ccc(CCC(=O)Nc2cccc(S(=O)(=O)/N=C3/CCCN3C)c2)cc1.